The molecule has 0 saturated carbocycles. The Morgan fingerprint density at radius 3 is 2.26 bits per heavy atom. The molecule has 0 N–H and O–H groups in total. The van der Waals surface area contributed by atoms with Crippen molar-refractivity contribution in [3.8, 4) is 5.75 Å². The maximum atomic E-state index is 14.0. The molecule has 1 unspecified atom stereocenters. The number of unbranched alkanes of at least 4 members (excludes halogenated alkanes) is 1. The third-order valence-electron chi connectivity index (χ3n) is 8.25. The van der Waals surface area contributed by atoms with E-state index in [1.165, 1.54) is 10.6 Å². The minimum atomic E-state index is -0.679. The van der Waals surface area contributed by atoms with E-state index in [0.29, 0.717) is 24.5 Å². The van der Waals surface area contributed by atoms with Gasteiger partial charge in [-0.15, -0.1) is 0 Å². The van der Waals surface area contributed by atoms with Crippen LogP contribution in [0.25, 0.3) is 0 Å². The highest BCUT2D eigenvalue weighted by molar-refractivity contribution is 6.16. The molecule has 0 radical (unpaired) electrons. The summed E-state index contributed by atoms with van der Waals surface area (Å²) in [4.78, 5) is 28.6. The van der Waals surface area contributed by atoms with Crippen molar-refractivity contribution in [2.75, 3.05) is 11.6 Å². The van der Waals surface area contributed by atoms with Gasteiger partial charge in [-0.05, 0) is 60.3 Å². The van der Waals surface area contributed by atoms with Crippen molar-refractivity contribution >= 4 is 23.3 Å². The number of amidine groups is 1. The normalized spacial score (nSPS) is 14.8. The smallest absolute Gasteiger partial charge is 0.268 e. The zero-order valence-corrected chi connectivity index (χ0v) is 25.2. The van der Waals surface area contributed by atoms with E-state index >= 15 is 0 Å². The van der Waals surface area contributed by atoms with Crippen molar-refractivity contribution in [3.63, 3.8) is 0 Å². The van der Waals surface area contributed by atoms with Crippen molar-refractivity contribution in [3.05, 3.63) is 59.7 Å². The molecule has 1 aliphatic heterocycles. The average molecular weight is 534 g/mol. The molecule has 0 bridgehead atoms. The van der Waals surface area contributed by atoms with Crippen molar-refractivity contribution in [2.45, 2.75) is 111 Å². The van der Waals surface area contributed by atoms with E-state index < -0.39 is 6.10 Å². The number of benzene rings is 2. The maximum Gasteiger partial charge on any atom is 0.268 e. The number of ether oxygens (including phenoxy) is 1. The van der Waals surface area contributed by atoms with Gasteiger partial charge in [0, 0.05) is 12.1 Å². The summed E-state index contributed by atoms with van der Waals surface area (Å²) in [6, 6.07) is 15.8. The fourth-order valence-electron chi connectivity index (χ4n) is 4.63. The Morgan fingerprint density at radius 1 is 1.00 bits per heavy atom. The van der Waals surface area contributed by atoms with Crippen LogP contribution in [-0.2, 0) is 20.4 Å². The summed E-state index contributed by atoms with van der Waals surface area (Å²) in [7, 11) is 0. The van der Waals surface area contributed by atoms with Crippen LogP contribution < -0.4 is 9.75 Å². The Morgan fingerprint density at radius 2 is 1.67 bits per heavy atom. The van der Waals surface area contributed by atoms with E-state index in [-0.39, 0.29) is 29.1 Å². The lowest BCUT2D eigenvalue weighted by Gasteiger charge is -2.32. The Kier molecular flexibility index (Phi) is 9.98. The molecule has 39 heavy (non-hydrogen) atoms. The fraction of sp³-hybridized carbons (Fsp3) is 0.545. The van der Waals surface area contributed by atoms with Crippen LogP contribution in [0.4, 0.5) is 5.69 Å². The zero-order valence-electron chi connectivity index (χ0n) is 25.2. The first kappa shape index (κ1) is 30.4. The molecule has 3 rings (SSSR count). The molecule has 0 saturated heterocycles. The lowest BCUT2D eigenvalue weighted by atomic mass is 9.76. The quantitative estimate of drug-likeness (QED) is 0.282. The van der Waals surface area contributed by atoms with Gasteiger partial charge in [-0.3, -0.25) is 14.5 Å². The number of para-hydroxylation sites is 1. The molecule has 212 valence electrons. The van der Waals surface area contributed by atoms with Crippen LogP contribution in [0.5, 0.6) is 5.75 Å². The van der Waals surface area contributed by atoms with Crippen molar-refractivity contribution in [1.29, 1.82) is 0 Å². The molecule has 1 aliphatic rings. The van der Waals surface area contributed by atoms with Gasteiger partial charge in [0.1, 0.15) is 11.6 Å². The second kappa shape index (κ2) is 12.8. The molecule has 2 amide bonds. The molecule has 2 aromatic carbocycles. The second-order valence-electron chi connectivity index (χ2n) is 11.8. The van der Waals surface area contributed by atoms with Crippen LogP contribution in [0.2, 0.25) is 0 Å². The van der Waals surface area contributed by atoms with Gasteiger partial charge < -0.3 is 4.74 Å². The van der Waals surface area contributed by atoms with Crippen LogP contribution >= 0.6 is 0 Å². The lowest BCUT2D eigenvalue weighted by Crippen LogP contribution is -2.45. The minimum absolute atomic E-state index is 0.0474. The van der Waals surface area contributed by atoms with Gasteiger partial charge in [0.2, 0.25) is 0 Å². The number of anilines is 1. The first-order valence-corrected chi connectivity index (χ1v) is 14.6. The van der Waals surface area contributed by atoms with Crippen LogP contribution in [0, 0.1) is 0 Å². The standard InChI is InChI=1S/C33H47N3O3/c1-9-13-21-35(29-23-30(37)36(34-29)25-17-15-14-16-18-25)31(38)27(10-2)39-28-20-19-24(32(5,6)11-3)22-26(28)33(7,8)12-4/h14-20,22,27H,9-13,21,23H2,1-8H3. The fourth-order valence-corrected chi connectivity index (χ4v) is 4.63. The van der Waals surface area contributed by atoms with E-state index in [1.54, 1.807) is 4.90 Å². The topological polar surface area (TPSA) is 62.2 Å². The van der Waals surface area contributed by atoms with E-state index in [0.717, 1.165) is 37.0 Å². The maximum absolute atomic E-state index is 14.0. The average Bonchev–Trinajstić information content (AvgIpc) is 3.33. The Hall–Kier alpha value is -3.15. The van der Waals surface area contributed by atoms with Gasteiger partial charge in [0.15, 0.2) is 6.10 Å². The molecule has 2 aromatic rings. The Bertz CT molecular complexity index is 1170. The Balaban J connectivity index is 1.95. The monoisotopic (exact) mass is 533 g/mol. The molecule has 6 heteroatoms. The van der Waals surface area contributed by atoms with E-state index in [4.69, 9.17) is 4.74 Å². The van der Waals surface area contributed by atoms with E-state index in [1.807, 2.05) is 43.3 Å². The lowest BCUT2D eigenvalue weighted by molar-refractivity contribution is -0.135. The third-order valence-corrected chi connectivity index (χ3v) is 8.25. The largest absolute Gasteiger partial charge is 0.480 e. The molecule has 0 aromatic heterocycles. The van der Waals surface area contributed by atoms with Gasteiger partial charge in [-0.2, -0.15) is 10.1 Å². The number of hydrogen-bond acceptors (Lipinski definition) is 4. The Labute approximate surface area is 235 Å². The summed E-state index contributed by atoms with van der Waals surface area (Å²) in [6.45, 7) is 17.9. The van der Waals surface area contributed by atoms with Crippen LogP contribution in [-0.4, -0.2) is 35.2 Å². The third kappa shape index (κ3) is 6.90. The molecule has 0 aliphatic carbocycles. The number of hydrazone groups is 1. The first-order chi connectivity index (χ1) is 18.5. The summed E-state index contributed by atoms with van der Waals surface area (Å²) >= 11 is 0. The van der Waals surface area contributed by atoms with Crippen LogP contribution in [0.3, 0.4) is 0 Å². The minimum Gasteiger partial charge on any atom is -0.480 e. The molecular weight excluding hydrogens is 486 g/mol. The predicted octanol–water partition coefficient (Wildman–Crippen LogP) is 7.60. The van der Waals surface area contributed by atoms with Crippen molar-refractivity contribution in [2.24, 2.45) is 5.10 Å². The number of amides is 2. The summed E-state index contributed by atoms with van der Waals surface area (Å²) in [5.74, 6) is 0.952. The molecule has 1 atom stereocenters. The first-order valence-electron chi connectivity index (χ1n) is 14.6. The van der Waals surface area contributed by atoms with Gasteiger partial charge in [-0.1, -0.05) is 92.1 Å². The number of rotatable bonds is 12. The van der Waals surface area contributed by atoms with Crippen LogP contribution in [0.1, 0.15) is 105 Å². The summed E-state index contributed by atoms with van der Waals surface area (Å²) in [5.41, 5.74) is 3.03. The van der Waals surface area contributed by atoms with Gasteiger partial charge in [0.05, 0.1) is 12.1 Å². The van der Waals surface area contributed by atoms with E-state index in [9.17, 15) is 9.59 Å². The van der Waals surface area contributed by atoms with Gasteiger partial charge in [-0.25, -0.2) is 0 Å². The van der Waals surface area contributed by atoms with Crippen LogP contribution in [0.15, 0.2) is 53.6 Å². The molecule has 6 nitrogen and oxygen atoms in total. The molecular formula is C33H47N3O3. The number of carbonyl (C=O) groups excluding carboxylic acids is 2. The summed E-state index contributed by atoms with van der Waals surface area (Å²) in [5, 5.41) is 6.01. The van der Waals surface area contributed by atoms with Crippen molar-refractivity contribution < 1.29 is 14.3 Å². The zero-order chi connectivity index (χ0) is 28.8. The SMILES string of the molecule is CCCCN(C(=O)C(CC)Oc1ccc(C(C)(C)CC)cc1C(C)(C)CC)C1=NN(c2ccccc2)C(=O)C1. The molecule has 0 fully saturated rings. The van der Waals surface area contributed by atoms with E-state index in [2.05, 4.69) is 65.7 Å². The highest BCUT2D eigenvalue weighted by Crippen LogP contribution is 2.39. The van der Waals surface area contributed by atoms with Gasteiger partial charge >= 0.3 is 0 Å². The summed E-state index contributed by atoms with van der Waals surface area (Å²) in [6.07, 6.45) is 3.64. The second-order valence-corrected chi connectivity index (χ2v) is 11.8. The highest BCUT2D eigenvalue weighted by atomic mass is 16.5. The molecule has 1 heterocycles. The number of hydrogen-bond donors (Lipinski definition) is 0. The highest BCUT2D eigenvalue weighted by Gasteiger charge is 2.35. The predicted molar refractivity (Wildman–Crippen MR) is 160 cm³/mol. The molecule has 0 spiro atoms. The van der Waals surface area contributed by atoms with Gasteiger partial charge in [0.25, 0.3) is 11.8 Å². The number of nitrogens with zero attached hydrogens (tertiary/aromatic N) is 3. The number of carbonyl (C=O) groups is 2. The summed E-state index contributed by atoms with van der Waals surface area (Å²) < 4.78 is 6.56. The van der Waals surface area contributed by atoms with Crippen molar-refractivity contribution in [1.82, 2.24) is 4.90 Å².